The van der Waals surface area contributed by atoms with Crippen molar-refractivity contribution in [1.29, 1.82) is 0 Å². The first kappa shape index (κ1) is 12.7. The summed E-state index contributed by atoms with van der Waals surface area (Å²) in [7, 11) is 1.70. The molecule has 0 saturated carbocycles. The quantitative estimate of drug-likeness (QED) is 0.551. The predicted molar refractivity (Wildman–Crippen MR) is 55.7 cm³/mol. The maximum atomic E-state index is 11.0. The normalized spacial score (nSPS) is 17.8. The molecule has 2 atom stereocenters. The van der Waals surface area contributed by atoms with E-state index in [0.29, 0.717) is 5.75 Å². The van der Waals surface area contributed by atoms with Crippen molar-refractivity contribution in [3.8, 4) is 0 Å². The van der Waals surface area contributed by atoms with Crippen LogP contribution in [0, 0.1) is 0 Å². The Labute approximate surface area is 83.3 Å². The summed E-state index contributed by atoms with van der Waals surface area (Å²) in [5.74, 6) is 0.202. The smallest absolute Gasteiger partial charge is 0.238 e. The monoisotopic (exact) mass is 206 g/mol. The van der Waals surface area contributed by atoms with Crippen LogP contribution in [0.25, 0.3) is 0 Å². The predicted octanol–water partition coefficient (Wildman–Crippen LogP) is -0.436. The third kappa shape index (κ3) is 3.97. The van der Waals surface area contributed by atoms with Crippen LogP contribution in [0.15, 0.2) is 0 Å². The number of primary amides is 1. The van der Waals surface area contributed by atoms with Crippen LogP contribution in [-0.4, -0.2) is 41.2 Å². The Balaban J connectivity index is 4.05. The fraction of sp³-hybridized carbons (Fsp3) is 0.875. The van der Waals surface area contributed by atoms with Gasteiger partial charge in [0, 0.05) is 11.0 Å². The highest BCUT2D eigenvalue weighted by Gasteiger charge is 2.29. The van der Waals surface area contributed by atoms with E-state index in [1.165, 1.54) is 11.8 Å². The fourth-order valence-corrected chi connectivity index (χ4v) is 1.64. The average molecular weight is 206 g/mol. The van der Waals surface area contributed by atoms with Gasteiger partial charge in [-0.2, -0.15) is 11.8 Å². The molecule has 0 spiro atoms. The number of rotatable bonds is 6. The number of thioether (sulfide) groups is 1. The van der Waals surface area contributed by atoms with E-state index < -0.39 is 5.54 Å². The number of aliphatic hydroxyl groups excluding tert-OH is 1. The minimum Gasteiger partial charge on any atom is -0.395 e. The number of likely N-dealkylation sites (N-methyl/N-ethyl adjacent to an activating group) is 1. The Bertz CT molecular complexity index is 178. The van der Waals surface area contributed by atoms with Gasteiger partial charge in [-0.1, -0.05) is 6.92 Å². The highest BCUT2D eigenvalue weighted by Crippen LogP contribution is 2.17. The van der Waals surface area contributed by atoms with Crippen molar-refractivity contribution in [2.24, 2.45) is 5.73 Å². The summed E-state index contributed by atoms with van der Waals surface area (Å²) in [5.41, 5.74) is 4.55. The average Bonchev–Trinajstić information content (AvgIpc) is 2.13. The van der Waals surface area contributed by atoms with Crippen LogP contribution in [0.4, 0.5) is 0 Å². The number of carbonyl (C=O) groups is 1. The standard InChI is InChI=1S/C8H18N2O2S/c1-6(4-11)13-5-8(2,10-3)7(9)12/h6,10-11H,4-5H2,1-3H3,(H2,9,12). The number of nitrogens with two attached hydrogens (primary N) is 1. The molecule has 0 radical (unpaired) electrons. The zero-order valence-corrected chi connectivity index (χ0v) is 9.15. The van der Waals surface area contributed by atoms with Gasteiger partial charge in [0.1, 0.15) is 5.54 Å². The van der Waals surface area contributed by atoms with Gasteiger partial charge in [-0.3, -0.25) is 4.79 Å². The number of hydrogen-bond acceptors (Lipinski definition) is 4. The van der Waals surface area contributed by atoms with Crippen LogP contribution in [0.1, 0.15) is 13.8 Å². The highest BCUT2D eigenvalue weighted by molar-refractivity contribution is 8.00. The topological polar surface area (TPSA) is 75.3 Å². The van der Waals surface area contributed by atoms with Gasteiger partial charge >= 0.3 is 0 Å². The number of carbonyl (C=O) groups excluding carboxylic acids is 1. The Morgan fingerprint density at radius 3 is 2.62 bits per heavy atom. The molecule has 0 heterocycles. The molecule has 0 aromatic carbocycles. The maximum Gasteiger partial charge on any atom is 0.238 e. The van der Waals surface area contributed by atoms with Crippen LogP contribution in [0.5, 0.6) is 0 Å². The molecular weight excluding hydrogens is 188 g/mol. The van der Waals surface area contributed by atoms with E-state index in [-0.39, 0.29) is 17.8 Å². The molecule has 5 heteroatoms. The third-order valence-corrected chi connectivity index (χ3v) is 3.47. The van der Waals surface area contributed by atoms with E-state index in [1.54, 1.807) is 14.0 Å². The molecule has 0 aliphatic carbocycles. The molecule has 13 heavy (non-hydrogen) atoms. The molecule has 0 rings (SSSR count). The molecule has 4 nitrogen and oxygen atoms in total. The van der Waals surface area contributed by atoms with E-state index in [4.69, 9.17) is 10.8 Å². The molecule has 0 fully saturated rings. The molecule has 78 valence electrons. The van der Waals surface area contributed by atoms with Crippen LogP contribution >= 0.6 is 11.8 Å². The summed E-state index contributed by atoms with van der Waals surface area (Å²) in [4.78, 5) is 11.0. The minimum atomic E-state index is -0.686. The van der Waals surface area contributed by atoms with E-state index in [9.17, 15) is 4.79 Å². The Hall–Kier alpha value is -0.260. The van der Waals surface area contributed by atoms with Crippen molar-refractivity contribution in [1.82, 2.24) is 5.32 Å². The second kappa shape index (κ2) is 5.47. The van der Waals surface area contributed by atoms with E-state index in [2.05, 4.69) is 5.32 Å². The third-order valence-electron chi connectivity index (χ3n) is 2.01. The molecule has 0 bridgehead atoms. The summed E-state index contributed by atoms with van der Waals surface area (Å²) in [6.45, 7) is 3.78. The van der Waals surface area contributed by atoms with E-state index in [0.717, 1.165) is 0 Å². The van der Waals surface area contributed by atoms with Crippen molar-refractivity contribution in [3.05, 3.63) is 0 Å². The molecule has 4 N–H and O–H groups in total. The summed E-state index contributed by atoms with van der Waals surface area (Å²) in [5, 5.41) is 11.8. The van der Waals surface area contributed by atoms with Gasteiger partial charge < -0.3 is 16.2 Å². The molecular formula is C8H18N2O2S. The van der Waals surface area contributed by atoms with Crippen molar-refractivity contribution < 1.29 is 9.90 Å². The lowest BCUT2D eigenvalue weighted by molar-refractivity contribution is -0.122. The largest absolute Gasteiger partial charge is 0.395 e. The van der Waals surface area contributed by atoms with Crippen LogP contribution < -0.4 is 11.1 Å². The number of amides is 1. The van der Waals surface area contributed by atoms with Crippen molar-refractivity contribution in [2.75, 3.05) is 19.4 Å². The molecule has 0 aliphatic rings. The van der Waals surface area contributed by atoms with Crippen LogP contribution in [0.2, 0.25) is 0 Å². The van der Waals surface area contributed by atoms with Crippen LogP contribution in [0.3, 0.4) is 0 Å². The first-order valence-electron chi connectivity index (χ1n) is 4.17. The van der Waals surface area contributed by atoms with E-state index in [1.807, 2.05) is 6.92 Å². The molecule has 0 aliphatic heterocycles. The number of aliphatic hydroxyl groups is 1. The van der Waals surface area contributed by atoms with Gasteiger partial charge in [-0.25, -0.2) is 0 Å². The second-order valence-corrected chi connectivity index (χ2v) is 4.68. The molecule has 2 unspecified atom stereocenters. The van der Waals surface area contributed by atoms with Gasteiger partial charge in [0.25, 0.3) is 0 Å². The van der Waals surface area contributed by atoms with Crippen LogP contribution in [-0.2, 0) is 4.79 Å². The van der Waals surface area contributed by atoms with Gasteiger partial charge in [0.2, 0.25) is 5.91 Å². The van der Waals surface area contributed by atoms with Crippen molar-refractivity contribution in [2.45, 2.75) is 24.6 Å². The van der Waals surface area contributed by atoms with Crippen molar-refractivity contribution >= 4 is 17.7 Å². The summed E-state index contributed by atoms with van der Waals surface area (Å²) in [6, 6.07) is 0. The zero-order valence-electron chi connectivity index (χ0n) is 8.33. The fourth-order valence-electron chi connectivity index (χ4n) is 0.628. The van der Waals surface area contributed by atoms with Gasteiger partial charge in [0.15, 0.2) is 0 Å². The Morgan fingerprint density at radius 1 is 1.77 bits per heavy atom. The summed E-state index contributed by atoms with van der Waals surface area (Å²) in [6.07, 6.45) is 0. The van der Waals surface area contributed by atoms with Crippen molar-refractivity contribution in [3.63, 3.8) is 0 Å². The Morgan fingerprint density at radius 2 is 2.31 bits per heavy atom. The number of nitrogens with one attached hydrogen (secondary N) is 1. The van der Waals surface area contributed by atoms with Gasteiger partial charge in [-0.15, -0.1) is 0 Å². The SMILES string of the molecule is CNC(C)(CSC(C)CO)C(N)=O. The first-order valence-corrected chi connectivity index (χ1v) is 5.22. The molecule has 1 amide bonds. The Kier molecular flexibility index (Phi) is 5.36. The van der Waals surface area contributed by atoms with Gasteiger partial charge in [0.05, 0.1) is 6.61 Å². The minimum absolute atomic E-state index is 0.114. The lowest BCUT2D eigenvalue weighted by Gasteiger charge is -2.25. The molecule has 0 aromatic rings. The lowest BCUT2D eigenvalue weighted by atomic mass is 10.1. The number of hydrogen-bond donors (Lipinski definition) is 3. The zero-order chi connectivity index (χ0) is 10.5. The lowest BCUT2D eigenvalue weighted by Crippen LogP contribution is -2.53. The van der Waals surface area contributed by atoms with E-state index >= 15 is 0 Å². The molecule has 0 saturated heterocycles. The second-order valence-electron chi connectivity index (χ2n) is 3.25. The maximum absolute atomic E-state index is 11.0. The summed E-state index contributed by atoms with van der Waals surface area (Å²) >= 11 is 1.52. The highest BCUT2D eigenvalue weighted by atomic mass is 32.2. The summed E-state index contributed by atoms with van der Waals surface area (Å²) < 4.78 is 0. The van der Waals surface area contributed by atoms with Gasteiger partial charge in [-0.05, 0) is 14.0 Å². The first-order chi connectivity index (χ1) is 5.96. The molecule has 0 aromatic heterocycles.